The highest BCUT2D eigenvalue weighted by molar-refractivity contribution is 5.92. The fourth-order valence-electron chi connectivity index (χ4n) is 2.48. The molecule has 0 bridgehead atoms. The van der Waals surface area contributed by atoms with Gasteiger partial charge < -0.3 is 19.7 Å². The summed E-state index contributed by atoms with van der Waals surface area (Å²) in [5.74, 6) is 0.173. The Balaban J connectivity index is 1.62. The van der Waals surface area contributed by atoms with E-state index in [0.29, 0.717) is 23.6 Å². The van der Waals surface area contributed by atoms with Crippen LogP contribution in [0.3, 0.4) is 0 Å². The Hall–Kier alpha value is -4.08. The summed E-state index contributed by atoms with van der Waals surface area (Å²) in [5.41, 5.74) is 3.90. The first kappa shape index (κ1) is 19.7. The number of carbonyl (C=O) groups excluding carboxylic acids is 1. The number of aromatic hydroxyl groups is 2. The van der Waals surface area contributed by atoms with Crippen LogP contribution in [-0.2, 0) is 6.54 Å². The van der Waals surface area contributed by atoms with E-state index in [1.165, 1.54) is 43.4 Å². The number of hydrazone groups is 1. The van der Waals surface area contributed by atoms with Crippen LogP contribution in [0.25, 0.3) is 0 Å². The van der Waals surface area contributed by atoms with Gasteiger partial charge in [-0.1, -0.05) is 11.3 Å². The molecule has 0 saturated carbocycles. The van der Waals surface area contributed by atoms with Crippen molar-refractivity contribution < 1.29 is 24.5 Å². The molecule has 0 aliphatic rings. The van der Waals surface area contributed by atoms with E-state index in [0.717, 1.165) is 5.56 Å². The minimum Gasteiger partial charge on any atom is -0.504 e. The minimum atomic E-state index is -0.526. The lowest BCUT2D eigenvalue weighted by Gasteiger charge is -2.06. The zero-order valence-corrected chi connectivity index (χ0v) is 15.7. The van der Waals surface area contributed by atoms with Crippen LogP contribution in [0.15, 0.2) is 47.7 Å². The van der Waals surface area contributed by atoms with Crippen molar-refractivity contribution in [3.63, 3.8) is 0 Å². The molecule has 3 rings (SSSR count). The third-order valence-corrected chi connectivity index (χ3v) is 3.94. The Kier molecular flexibility index (Phi) is 5.93. The highest BCUT2D eigenvalue weighted by Gasteiger charge is 2.11. The average molecular weight is 397 g/mol. The van der Waals surface area contributed by atoms with Crippen molar-refractivity contribution in [2.75, 3.05) is 14.2 Å². The van der Waals surface area contributed by atoms with Gasteiger partial charge in [-0.2, -0.15) is 5.10 Å². The molecule has 10 nitrogen and oxygen atoms in total. The van der Waals surface area contributed by atoms with Gasteiger partial charge in [0.15, 0.2) is 28.7 Å². The van der Waals surface area contributed by atoms with Crippen LogP contribution in [0.4, 0.5) is 0 Å². The summed E-state index contributed by atoms with van der Waals surface area (Å²) >= 11 is 0. The van der Waals surface area contributed by atoms with E-state index < -0.39 is 5.91 Å². The Morgan fingerprint density at radius 2 is 1.83 bits per heavy atom. The van der Waals surface area contributed by atoms with Crippen LogP contribution in [-0.4, -0.2) is 51.5 Å². The zero-order chi connectivity index (χ0) is 20.8. The molecule has 1 heterocycles. The first-order valence-electron chi connectivity index (χ1n) is 8.46. The van der Waals surface area contributed by atoms with Crippen molar-refractivity contribution in [3.8, 4) is 23.0 Å². The summed E-state index contributed by atoms with van der Waals surface area (Å²) in [6.07, 6.45) is 2.89. The first-order valence-corrected chi connectivity index (χ1v) is 8.46. The second kappa shape index (κ2) is 8.74. The number of benzene rings is 2. The monoisotopic (exact) mass is 397 g/mol. The van der Waals surface area contributed by atoms with Gasteiger partial charge in [-0.25, -0.2) is 10.1 Å². The van der Waals surface area contributed by atoms with Crippen LogP contribution >= 0.6 is 0 Å². The van der Waals surface area contributed by atoms with Crippen LogP contribution in [0.5, 0.6) is 23.0 Å². The van der Waals surface area contributed by atoms with Gasteiger partial charge in [0.1, 0.15) is 0 Å². The molecular weight excluding hydrogens is 378 g/mol. The quantitative estimate of drug-likeness (QED) is 0.407. The number of hydrogen-bond acceptors (Lipinski definition) is 8. The molecule has 0 saturated heterocycles. The molecule has 10 heteroatoms. The SMILES string of the molecule is COc1cc(/C=N/NC(=O)c2cn(Cc3ccc(O)c(OC)c3)nn2)ccc1O. The summed E-state index contributed by atoms with van der Waals surface area (Å²) in [5, 5.41) is 30.8. The molecule has 2 aromatic carbocycles. The Labute approximate surface area is 166 Å². The van der Waals surface area contributed by atoms with E-state index in [1.54, 1.807) is 24.3 Å². The molecule has 0 radical (unpaired) electrons. The van der Waals surface area contributed by atoms with Gasteiger partial charge in [-0.05, 0) is 41.5 Å². The molecule has 150 valence electrons. The number of nitrogens with zero attached hydrogens (tertiary/aromatic N) is 4. The van der Waals surface area contributed by atoms with Crippen LogP contribution in [0.2, 0.25) is 0 Å². The maximum absolute atomic E-state index is 12.2. The summed E-state index contributed by atoms with van der Waals surface area (Å²) < 4.78 is 11.6. The van der Waals surface area contributed by atoms with Gasteiger partial charge in [0.05, 0.1) is 33.2 Å². The lowest BCUT2D eigenvalue weighted by atomic mass is 10.2. The molecule has 0 aliphatic heterocycles. The summed E-state index contributed by atoms with van der Waals surface area (Å²) in [6.45, 7) is 0.341. The fourth-order valence-corrected chi connectivity index (χ4v) is 2.48. The number of aromatic nitrogens is 3. The standard InChI is InChI=1S/C19H19N5O5/c1-28-17-7-12(3-5-15(17)25)9-20-22-19(27)14-11-24(23-21-14)10-13-4-6-16(26)18(8-13)29-2/h3-9,11,25-26H,10H2,1-2H3,(H,22,27)/b20-9+. The number of hydrogen-bond donors (Lipinski definition) is 3. The van der Waals surface area contributed by atoms with Crippen molar-refractivity contribution in [2.24, 2.45) is 5.10 Å². The van der Waals surface area contributed by atoms with E-state index in [-0.39, 0.29) is 17.2 Å². The Bertz CT molecular complexity index is 1050. The number of methoxy groups -OCH3 is 2. The third kappa shape index (κ3) is 4.80. The Morgan fingerprint density at radius 1 is 1.14 bits per heavy atom. The predicted molar refractivity (Wildman–Crippen MR) is 104 cm³/mol. The van der Waals surface area contributed by atoms with Gasteiger partial charge in [0, 0.05) is 0 Å². The van der Waals surface area contributed by atoms with Crippen molar-refractivity contribution >= 4 is 12.1 Å². The normalized spacial score (nSPS) is 10.8. The van der Waals surface area contributed by atoms with Crippen LogP contribution < -0.4 is 14.9 Å². The number of ether oxygens (including phenoxy) is 2. The van der Waals surface area contributed by atoms with Gasteiger partial charge in [0.25, 0.3) is 5.91 Å². The second-order valence-corrected chi connectivity index (χ2v) is 5.94. The molecule has 3 N–H and O–H groups in total. The molecule has 0 atom stereocenters. The van der Waals surface area contributed by atoms with Crippen LogP contribution in [0, 0.1) is 0 Å². The lowest BCUT2D eigenvalue weighted by Crippen LogP contribution is -2.18. The molecule has 0 aliphatic carbocycles. The maximum atomic E-state index is 12.2. The van der Waals surface area contributed by atoms with E-state index in [2.05, 4.69) is 20.8 Å². The van der Waals surface area contributed by atoms with Gasteiger partial charge >= 0.3 is 0 Å². The van der Waals surface area contributed by atoms with Crippen molar-refractivity contribution in [2.45, 2.75) is 6.54 Å². The first-order chi connectivity index (χ1) is 14.0. The lowest BCUT2D eigenvalue weighted by molar-refractivity contribution is 0.0950. The van der Waals surface area contributed by atoms with Crippen LogP contribution in [0.1, 0.15) is 21.6 Å². The summed E-state index contributed by atoms with van der Waals surface area (Å²) in [4.78, 5) is 12.2. The largest absolute Gasteiger partial charge is 0.504 e. The molecule has 0 spiro atoms. The molecule has 29 heavy (non-hydrogen) atoms. The average Bonchev–Trinajstić information content (AvgIpc) is 3.19. The van der Waals surface area contributed by atoms with Crippen molar-refractivity contribution in [1.29, 1.82) is 0 Å². The summed E-state index contributed by atoms with van der Waals surface area (Å²) in [7, 11) is 2.90. The number of amides is 1. The zero-order valence-electron chi connectivity index (χ0n) is 15.7. The van der Waals surface area contributed by atoms with Gasteiger partial charge in [0.2, 0.25) is 0 Å². The van der Waals surface area contributed by atoms with Gasteiger partial charge in [-0.15, -0.1) is 5.10 Å². The van der Waals surface area contributed by atoms with E-state index in [9.17, 15) is 15.0 Å². The highest BCUT2D eigenvalue weighted by Crippen LogP contribution is 2.26. The predicted octanol–water partition coefficient (Wildman–Crippen LogP) is 1.52. The number of phenols is 2. The van der Waals surface area contributed by atoms with E-state index in [4.69, 9.17) is 9.47 Å². The van der Waals surface area contributed by atoms with E-state index >= 15 is 0 Å². The number of rotatable bonds is 7. The Morgan fingerprint density at radius 3 is 2.55 bits per heavy atom. The third-order valence-electron chi connectivity index (χ3n) is 3.94. The topological polar surface area (TPSA) is 131 Å². The van der Waals surface area contributed by atoms with Crippen molar-refractivity contribution in [3.05, 3.63) is 59.4 Å². The molecule has 1 aromatic heterocycles. The smallest absolute Gasteiger partial charge is 0.293 e. The minimum absolute atomic E-state index is 0.0107. The maximum Gasteiger partial charge on any atom is 0.293 e. The number of nitrogens with one attached hydrogen (secondary N) is 1. The molecule has 0 unspecified atom stereocenters. The van der Waals surface area contributed by atoms with Crippen molar-refractivity contribution in [1.82, 2.24) is 20.4 Å². The molecular formula is C19H19N5O5. The highest BCUT2D eigenvalue weighted by atomic mass is 16.5. The molecule has 3 aromatic rings. The summed E-state index contributed by atoms with van der Waals surface area (Å²) in [6, 6.07) is 9.57. The second-order valence-electron chi connectivity index (χ2n) is 5.94. The fraction of sp³-hybridized carbons (Fsp3) is 0.158. The number of phenolic OH excluding ortho intramolecular Hbond substituents is 2. The number of carbonyl (C=O) groups is 1. The molecule has 0 fully saturated rings. The molecule has 1 amide bonds. The van der Waals surface area contributed by atoms with Gasteiger partial charge in [-0.3, -0.25) is 4.79 Å². The van der Waals surface area contributed by atoms with E-state index in [1.807, 2.05) is 0 Å².